The lowest BCUT2D eigenvalue weighted by atomic mass is 10.1. The van der Waals surface area contributed by atoms with Gasteiger partial charge in [0.2, 0.25) is 0 Å². The number of benzene rings is 2. The number of aliphatic hydroxyl groups is 1. The molecule has 1 unspecified atom stereocenters. The molecule has 0 radical (unpaired) electrons. The molecule has 0 fully saturated rings. The Morgan fingerprint density at radius 1 is 1.10 bits per heavy atom. The summed E-state index contributed by atoms with van der Waals surface area (Å²) in [5.41, 5.74) is 1.84. The first-order valence-corrected chi connectivity index (χ1v) is 7.88. The minimum Gasteiger partial charge on any atom is -0.486 e. The van der Waals surface area contributed by atoms with E-state index < -0.39 is 6.10 Å². The summed E-state index contributed by atoms with van der Waals surface area (Å²) in [7, 11) is 0. The van der Waals surface area contributed by atoms with E-state index in [9.17, 15) is 5.11 Å². The molecule has 0 bridgehead atoms. The van der Waals surface area contributed by atoms with Gasteiger partial charge in [0, 0.05) is 15.8 Å². The second kappa shape index (κ2) is 6.53. The first-order chi connectivity index (χ1) is 10.2. The minimum atomic E-state index is -0.600. The Labute approximate surface area is 137 Å². The molecule has 110 valence electrons. The molecule has 4 nitrogen and oxygen atoms in total. The summed E-state index contributed by atoms with van der Waals surface area (Å²) in [6.07, 6.45) is -0.600. The fraction of sp³-hybridized carbons (Fsp3) is 0.250. The number of rotatable bonds is 4. The maximum absolute atomic E-state index is 10.3. The summed E-state index contributed by atoms with van der Waals surface area (Å²) in [4.78, 5) is 0. The second-order valence-electron chi connectivity index (χ2n) is 4.78. The zero-order valence-corrected chi connectivity index (χ0v) is 13.5. The highest BCUT2D eigenvalue weighted by Gasteiger charge is 2.15. The van der Waals surface area contributed by atoms with Gasteiger partial charge in [0.05, 0.1) is 6.10 Å². The molecule has 0 saturated carbocycles. The molecule has 1 heterocycles. The van der Waals surface area contributed by atoms with Gasteiger partial charge in [-0.25, -0.2) is 0 Å². The van der Waals surface area contributed by atoms with Crippen LogP contribution in [0, 0.1) is 3.57 Å². The van der Waals surface area contributed by atoms with E-state index in [2.05, 4.69) is 27.9 Å². The van der Waals surface area contributed by atoms with Crippen LogP contribution in [0.4, 0.5) is 5.69 Å². The average molecular weight is 397 g/mol. The van der Waals surface area contributed by atoms with Crippen LogP contribution in [0.1, 0.15) is 11.7 Å². The van der Waals surface area contributed by atoms with Gasteiger partial charge in [0.15, 0.2) is 11.5 Å². The second-order valence-corrected chi connectivity index (χ2v) is 5.94. The maximum atomic E-state index is 10.3. The predicted octanol–water partition coefficient (Wildman–Crippen LogP) is 3.21. The van der Waals surface area contributed by atoms with Gasteiger partial charge in [-0.1, -0.05) is 18.2 Å². The highest BCUT2D eigenvalue weighted by atomic mass is 127. The van der Waals surface area contributed by atoms with Crippen LogP contribution in [0.15, 0.2) is 42.5 Å². The Morgan fingerprint density at radius 2 is 1.86 bits per heavy atom. The number of ether oxygens (including phenoxy) is 2. The molecule has 3 rings (SSSR count). The zero-order chi connectivity index (χ0) is 14.7. The van der Waals surface area contributed by atoms with E-state index in [0.717, 1.165) is 20.6 Å². The lowest BCUT2D eigenvalue weighted by Gasteiger charge is -2.20. The molecule has 0 saturated heterocycles. The van der Waals surface area contributed by atoms with Crippen molar-refractivity contribution < 1.29 is 14.6 Å². The topological polar surface area (TPSA) is 50.7 Å². The molecule has 2 aromatic rings. The average Bonchev–Trinajstić information content (AvgIpc) is 2.53. The van der Waals surface area contributed by atoms with Crippen LogP contribution in [0.25, 0.3) is 0 Å². The number of aliphatic hydroxyl groups excluding tert-OH is 1. The van der Waals surface area contributed by atoms with E-state index in [1.54, 1.807) is 0 Å². The maximum Gasteiger partial charge on any atom is 0.161 e. The number of halogens is 1. The van der Waals surface area contributed by atoms with E-state index >= 15 is 0 Å². The molecule has 0 aromatic heterocycles. The molecule has 2 N–H and O–H groups in total. The van der Waals surface area contributed by atoms with Crippen molar-refractivity contribution in [2.75, 3.05) is 25.1 Å². The summed E-state index contributed by atoms with van der Waals surface area (Å²) >= 11 is 2.27. The standard InChI is InChI=1S/C16H16INO3/c17-12-3-1-2-4-13(12)18-10-14(19)11-5-6-15-16(9-11)21-8-7-20-15/h1-6,9,14,18-19H,7-8,10H2. The van der Waals surface area contributed by atoms with Crippen molar-refractivity contribution in [3.63, 3.8) is 0 Å². The Balaban J connectivity index is 1.68. The van der Waals surface area contributed by atoms with Gasteiger partial charge >= 0.3 is 0 Å². The third-order valence-electron chi connectivity index (χ3n) is 3.31. The molecule has 0 aliphatic carbocycles. The summed E-state index contributed by atoms with van der Waals surface area (Å²) in [6.45, 7) is 1.57. The van der Waals surface area contributed by atoms with Crippen LogP contribution in [-0.2, 0) is 0 Å². The van der Waals surface area contributed by atoms with Gasteiger partial charge in [-0.3, -0.25) is 0 Å². The summed E-state index contributed by atoms with van der Waals surface area (Å²) in [5, 5.41) is 13.6. The fourth-order valence-electron chi connectivity index (χ4n) is 2.20. The molecule has 0 spiro atoms. The molecule has 2 aromatic carbocycles. The van der Waals surface area contributed by atoms with Gasteiger partial charge in [-0.05, 0) is 52.4 Å². The number of anilines is 1. The first-order valence-electron chi connectivity index (χ1n) is 6.80. The van der Waals surface area contributed by atoms with Crippen molar-refractivity contribution in [1.29, 1.82) is 0 Å². The quantitative estimate of drug-likeness (QED) is 0.779. The molecule has 1 atom stereocenters. The Morgan fingerprint density at radius 3 is 2.67 bits per heavy atom. The normalized spacial score (nSPS) is 14.6. The number of hydrogen-bond acceptors (Lipinski definition) is 4. The highest BCUT2D eigenvalue weighted by molar-refractivity contribution is 14.1. The highest BCUT2D eigenvalue weighted by Crippen LogP contribution is 2.32. The first kappa shape index (κ1) is 14.5. The number of para-hydroxylation sites is 1. The summed E-state index contributed by atoms with van der Waals surface area (Å²) in [5.74, 6) is 1.44. The minimum absolute atomic E-state index is 0.444. The van der Waals surface area contributed by atoms with Crippen molar-refractivity contribution in [3.8, 4) is 11.5 Å². The summed E-state index contributed by atoms with van der Waals surface area (Å²) in [6, 6.07) is 13.6. The van der Waals surface area contributed by atoms with Crippen LogP contribution in [0.5, 0.6) is 11.5 Å². The molecule has 1 aliphatic rings. The van der Waals surface area contributed by atoms with Crippen molar-refractivity contribution in [3.05, 3.63) is 51.6 Å². The number of fused-ring (bicyclic) bond motifs is 1. The smallest absolute Gasteiger partial charge is 0.161 e. The molecular formula is C16H16INO3. The van der Waals surface area contributed by atoms with Crippen molar-refractivity contribution in [2.45, 2.75) is 6.10 Å². The Kier molecular flexibility index (Phi) is 4.50. The lowest BCUT2D eigenvalue weighted by molar-refractivity contribution is 0.167. The zero-order valence-electron chi connectivity index (χ0n) is 11.4. The fourth-order valence-corrected chi connectivity index (χ4v) is 2.77. The third kappa shape index (κ3) is 3.41. The molecule has 0 amide bonds. The third-order valence-corrected chi connectivity index (χ3v) is 4.25. The van der Waals surface area contributed by atoms with Gasteiger partial charge in [-0.15, -0.1) is 0 Å². The predicted molar refractivity (Wildman–Crippen MR) is 90.0 cm³/mol. The van der Waals surface area contributed by atoms with E-state index in [1.165, 1.54) is 0 Å². The van der Waals surface area contributed by atoms with Crippen molar-refractivity contribution >= 4 is 28.3 Å². The van der Waals surface area contributed by atoms with E-state index in [-0.39, 0.29) is 0 Å². The van der Waals surface area contributed by atoms with E-state index in [4.69, 9.17) is 9.47 Å². The summed E-state index contributed by atoms with van der Waals surface area (Å²) < 4.78 is 12.1. The van der Waals surface area contributed by atoms with Crippen LogP contribution in [0.2, 0.25) is 0 Å². The Hall–Kier alpha value is -1.47. The van der Waals surface area contributed by atoms with Crippen molar-refractivity contribution in [1.82, 2.24) is 0 Å². The van der Waals surface area contributed by atoms with Gasteiger partial charge in [-0.2, -0.15) is 0 Å². The monoisotopic (exact) mass is 397 g/mol. The SMILES string of the molecule is OC(CNc1ccccc1I)c1ccc2c(c1)OCCO2. The van der Waals surface area contributed by atoms with Crippen LogP contribution < -0.4 is 14.8 Å². The number of hydrogen-bond donors (Lipinski definition) is 2. The molecular weight excluding hydrogens is 381 g/mol. The van der Waals surface area contributed by atoms with Crippen molar-refractivity contribution in [2.24, 2.45) is 0 Å². The van der Waals surface area contributed by atoms with Gasteiger partial charge in [0.25, 0.3) is 0 Å². The lowest BCUT2D eigenvalue weighted by Crippen LogP contribution is -2.17. The van der Waals surface area contributed by atoms with E-state index in [1.807, 2.05) is 42.5 Å². The van der Waals surface area contributed by atoms with Gasteiger partial charge in [0.1, 0.15) is 13.2 Å². The molecule has 21 heavy (non-hydrogen) atoms. The number of nitrogens with one attached hydrogen (secondary N) is 1. The molecule has 5 heteroatoms. The van der Waals surface area contributed by atoms with E-state index in [0.29, 0.717) is 25.5 Å². The van der Waals surface area contributed by atoms with Crippen LogP contribution >= 0.6 is 22.6 Å². The van der Waals surface area contributed by atoms with Crippen LogP contribution in [-0.4, -0.2) is 24.9 Å². The van der Waals surface area contributed by atoms with Crippen LogP contribution in [0.3, 0.4) is 0 Å². The van der Waals surface area contributed by atoms with Gasteiger partial charge < -0.3 is 19.9 Å². The molecule has 1 aliphatic heterocycles. The Bertz CT molecular complexity index is 633. The largest absolute Gasteiger partial charge is 0.486 e.